The summed E-state index contributed by atoms with van der Waals surface area (Å²) < 4.78 is 7.92. The summed E-state index contributed by atoms with van der Waals surface area (Å²) in [7, 11) is 0. The molecule has 0 atom stereocenters. The second-order valence-corrected chi connectivity index (χ2v) is 6.62. The van der Waals surface area contributed by atoms with Gasteiger partial charge in [-0.05, 0) is 39.0 Å². The zero-order chi connectivity index (χ0) is 13.2. The van der Waals surface area contributed by atoms with Gasteiger partial charge in [0.05, 0.1) is 15.8 Å². The number of thiazole rings is 1. The Morgan fingerprint density at radius 1 is 1.44 bits per heavy atom. The quantitative estimate of drug-likeness (QED) is 0.889. The molecule has 0 radical (unpaired) electrons. The number of fused-ring (bicyclic) bond motifs is 1. The number of nitrogens with zero attached hydrogens (tertiary/aromatic N) is 1. The van der Waals surface area contributed by atoms with E-state index >= 15 is 0 Å². The number of hydrogen-bond acceptors (Lipinski definition) is 4. The molecule has 0 saturated carbocycles. The highest BCUT2D eigenvalue weighted by Gasteiger charge is 2.17. The van der Waals surface area contributed by atoms with E-state index in [0.29, 0.717) is 0 Å². The minimum atomic E-state index is -0.173. The highest BCUT2D eigenvalue weighted by atomic mass is 79.9. The maximum Gasteiger partial charge on any atom is 0.183 e. The number of ether oxygens (including phenoxy) is 1. The van der Waals surface area contributed by atoms with Crippen LogP contribution in [0.2, 0.25) is 0 Å². The van der Waals surface area contributed by atoms with Crippen LogP contribution in [0.3, 0.4) is 0 Å². The van der Waals surface area contributed by atoms with Crippen molar-refractivity contribution in [2.24, 2.45) is 0 Å². The second kappa shape index (κ2) is 5.55. The standard InChI is InChI=1S/C13H17BrN2OS/c1-4-17-13(2,3)8-15-12-16-10-6-5-9(14)7-11(10)18-12/h5-7H,4,8H2,1-3H3,(H,15,16). The van der Waals surface area contributed by atoms with Gasteiger partial charge in [-0.25, -0.2) is 4.98 Å². The Kier molecular flexibility index (Phi) is 4.25. The molecular formula is C13H17BrN2OS. The molecule has 0 aliphatic heterocycles. The average molecular weight is 329 g/mol. The molecule has 0 saturated heterocycles. The molecule has 0 bridgehead atoms. The van der Waals surface area contributed by atoms with Crippen molar-refractivity contribution < 1.29 is 4.74 Å². The third kappa shape index (κ3) is 3.43. The summed E-state index contributed by atoms with van der Waals surface area (Å²) in [4.78, 5) is 4.55. The maximum atomic E-state index is 5.65. The number of benzene rings is 1. The summed E-state index contributed by atoms with van der Waals surface area (Å²) in [6, 6.07) is 6.12. The summed E-state index contributed by atoms with van der Waals surface area (Å²) in [6.07, 6.45) is 0. The van der Waals surface area contributed by atoms with E-state index in [1.54, 1.807) is 11.3 Å². The second-order valence-electron chi connectivity index (χ2n) is 4.68. The fraction of sp³-hybridized carbons (Fsp3) is 0.462. The molecule has 1 heterocycles. The predicted octanol–water partition coefficient (Wildman–Crippen LogP) is 4.29. The van der Waals surface area contributed by atoms with Gasteiger partial charge in [0, 0.05) is 17.6 Å². The maximum absolute atomic E-state index is 5.65. The van der Waals surface area contributed by atoms with Crippen LogP contribution in [0.5, 0.6) is 0 Å². The Balaban J connectivity index is 2.08. The van der Waals surface area contributed by atoms with Crippen LogP contribution >= 0.6 is 27.3 Å². The zero-order valence-electron chi connectivity index (χ0n) is 10.8. The molecule has 2 rings (SSSR count). The lowest BCUT2D eigenvalue weighted by atomic mass is 10.1. The summed E-state index contributed by atoms with van der Waals surface area (Å²) in [5, 5.41) is 4.29. The topological polar surface area (TPSA) is 34.1 Å². The lowest BCUT2D eigenvalue weighted by Gasteiger charge is -2.24. The lowest BCUT2D eigenvalue weighted by Crippen LogP contribution is -2.33. The number of rotatable bonds is 5. The van der Waals surface area contributed by atoms with Gasteiger partial charge in [0.25, 0.3) is 0 Å². The first kappa shape index (κ1) is 13.8. The third-order valence-electron chi connectivity index (χ3n) is 2.55. The fourth-order valence-electron chi connectivity index (χ4n) is 1.70. The largest absolute Gasteiger partial charge is 0.374 e. The van der Waals surface area contributed by atoms with Gasteiger partial charge >= 0.3 is 0 Å². The number of nitrogens with one attached hydrogen (secondary N) is 1. The Labute approximate surface area is 120 Å². The number of aromatic nitrogens is 1. The first-order valence-corrected chi connectivity index (χ1v) is 7.55. The van der Waals surface area contributed by atoms with Crippen LogP contribution in [0.1, 0.15) is 20.8 Å². The minimum Gasteiger partial charge on any atom is -0.374 e. The minimum absolute atomic E-state index is 0.173. The van der Waals surface area contributed by atoms with Gasteiger partial charge in [-0.2, -0.15) is 0 Å². The van der Waals surface area contributed by atoms with E-state index in [2.05, 4.69) is 46.1 Å². The molecule has 0 unspecified atom stereocenters. The van der Waals surface area contributed by atoms with Crippen molar-refractivity contribution in [2.45, 2.75) is 26.4 Å². The normalized spacial score (nSPS) is 12.0. The van der Waals surface area contributed by atoms with Crippen molar-refractivity contribution in [3.63, 3.8) is 0 Å². The van der Waals surface area contributed by atoms with Crippen molar-refractivity contribution in [1.82, 2.24) is 4.98 Å². The predicted molar refractivity (Wildman–Crippen MR) is 81.5 cm³/mol. The average Bonchev–Trinajstić information content (AvgIpc) is 2.68. The molecule has 98 valence electrons. The van der Waals surface area contributed by atoms with Crippen molar-refractivity contribution in [3.8, 4) is 0 Å². The lowest BCUT2D eigenvalue weighted by molar-refractivity contribution is 0.000698. The Bertz CT molecular complexity index is 539. The molecule has 0 aliphatic rings. The van der Waals surface area contributed by atoms with Crippen LogP contribution in [-0.4, -0.2) is 23.7 Å². The van der Waals surface area contributed by atoms with Gasteiger partial charge in [-0.1, -0.05) is 27.3 Å². The molecule has 0 spiro atoms. The monoisotopic (exact) mass is 328 g/mol. The van der Waals surface area contributed by atoms with Crippen molar-refractivity contribution in [1.29, 1.82) is 0 Å². The van der Waals surface area contributed by atoms with Crippen LogP contribution in [0.25, 0.3) is 10.2 Å². The number of hydrogen-bond donors (Lipinski definition) is 1. The molecule has 2 aromatic rings. The van der Waals surface area contributed by atoms with Crippen molar-refractivity contribution >= 4 is 42.6 Å². The fourth-order valence-corrected chi connectivity index (χ4v) is 3.12. The van der Waals surface area contributed by atoms with E-state index in [1.807, 2.05) is 19.1 Å². The Hall–Kier alpha value is -0.650. The smallest absolute Gasteiger partial charge is 0.183 e. The van der Waals surface area contributed by atoms with Crippen molar-refractivity contribution in [3.05, 3.63) is 22.7 Å². The number of halogens is 1. The van der Waals surface area contributed by atoms with E-state index in [9.17, 15) is 0 Å². The zero-order valence-corrected chi connectivity index (χ0v) is 13.2. The third-order valence-corrected chi connectivity index (χ3v) is 4.02. The summed E-state index contributed by atoms with van der Waals surface area (Å²) in [5.41, 5.74) is 0.854. The highest BCUT2D eigenvalue weighted by Crippen LogP contribution is 2.28. The highest BCUT2D eigenvalue weighted by molar-refractivity contribution is 9.10. The first-order chi connectivity index (χ1) is 8.50. The van der Waals surface area contributed by atoms with Gasteiger partial charge in [0.15, 0.2) is 5.13 Å². The van der Waals surface area contributed by atoms with E-state index in [0.717, 1.165) is 28.3 Å². The van der Waals surface area contributed by atoms with E-state index < -0.39 is 0 Å². The van der Waals surface area contributed by atoms with Crippen LogP contribution < -0.4 is 5.32 Å². The first-order valence-electron chi connectivity index (χ1n) is 5.94. The van der Waals surface area contributed by atoms with Crippen LogP contribution in [0, 0.1) is 0 Å². The Morgan fingerprint density at radius 3 is 2.94 bits per heavy atom. The molecule has 5 heteroatoms. The molecule has 1 aromatic heterocycles. The summed E-state index contributed by atoms with van der Waals surface area (Å²) in [5.74, 6) is 0. The number of anilines is 1. The van der Waals surface area contributed by atoms with E-state index in [4.69, 9.17) is 4.74 Å². The van der Waals surface area contributed by atoms with Gasteiger partial charge in [0.2, 0.25) is 0 Å². The van der Waals surface area contributed by atoms with Crippen LogP contribution in [0.15, 0.2) is 22.7 Å². The molecule has 0 aliphatic carbocycles. The molecular weight excluding hydrogens is 312 g/mol. The Morgan fingerprint density at radius 2 is 2.22 bits per heavy atom. The molecule has 3 nitrogen and oxygen atoms in total. The van der Waals surface area contributed by atoms with Crippen LogP contribution in [0.4, 0.5) is 5.13 Å². The summed E-state index contributed by atoms with van der Waals surface area (Å²) >= 11 is 5.13. The SMILES string of the molecule is CCOC(C)(C)CNc1nc2ccc(Br)cc2s1. The van der Waals surface area contributed by atoms with Crippen LogP contribution in [-0.2, 0) is 4.74 Å². The summed E-state index contributed by atoms with van der Waals surface area (Å²) in [6.45, 7) is 7.64. The van der Waals surface area contributed by atoms with Gasteiger partial charge < -0.3 is 10.1 Å². The van der Waals surface area contributed by atoms with Gasteiger partial charge in [-0.15, -0.1) is 0 Å². The molecule has 0 fully saturated rings. The molecule has 1 N–H and O–H groups in total. The molecule has 18 heavy (non-hydrogen) atoms. The van der Waals surface area contributed by atoms with Crippen molar-refractivity contribution in [2.75, 3.05) is 18.5 Å². The van der Waals surface area contributed by atoms with Gasteiger partial charge in [0.1, 0.15) is 0 Å². The van der Waals surface area contributed by atoms with E-state index in [1.165, 1.54) is 4.70 Å². The van der Waals surface area contributed by atoms with Gasteiger partial charge in [-0.3, -0.25) is 0 Å². The molecule has 1 aromatic carbocycles. The van der Waals surface area contributed by atoms with E-state index in [-0.39, 0.29) is 5.60 Å². The molecule has 0 amide bonds.